The average molecular weight is 255 g/mol. The van der Waals surface area contributed by atoms with Crippen LogP contribution in [-0.2, 0) is 6.42 Å². The minimum atomic E-state index is 0.101. The van der Waals surface area contributed by atoms with Crippen molar-refractivity contribution < 1.29 is 9.53 Å². The number of hydrogen-bond donors (Lipinski definition) is 0. The first-order valence-electron chi connectivity index (χ1n) is 6.27. The summed E-state index contributed by atoms with van der Waals surface area (Å²) in [6, 6.07) is 9.52. The maximum Gasteiger partial charge on any atom is 0.166 e. The van der Waals surface area contributed by atoms with Gasteiger partial charge in [0.05, 0.1) is 12.7 Å². The first-order chi connectivity index (χ1) is 9.20. The van der Waals surface area contributed by atoms with Gasteiger partial charge in [0.2, 0.25) is 0 Å². The zero-order valence-electron chi connectivity index (χ0n) is 11.2. The maximum atomic E-state index is 12.2. The lowest BCUT2D eigenvalue weighted by Crippen LogP contribution is -2.04. The van der Waals surface area contributed by atoms with E-state index in [4.69, 9.17) is 4.74 Å². The molecule has 0 aliphatic heterocycles. The van der Waals surface area contributed by atoms with Gasteiger partial charge in [-0.05, 0) is 37.1 Å². The Morgan fingerprint density at radius 3 is 2.84 bits per heavy atom. The van der Waals surface area contributed by atoms with Gasteiger partial charge >= 0.3 is 0 Å². The Hall–Kier alpha value is -2.16. The summed E-state index contributed by atoms with van der Waals surface area (Å²) in [6.45, 7) is 1.97. The van der Waals surface area contributed by atoms with Crippen molar-refractivity contribution in [1.29, 1.82) is 0 Å². The fourth-order valence-corrected chi connectivity index (χ4v) is 1.98. The van der Waals surface area contributed by atoms with Gasteiger partial charge in [0.15, 0.2) is 5.78 Å². The molecule has 1 aromatic heterocycles. The van der Waals surface area contributed by atoms with Crippen molar-refractivity contribution in [3.05, 3.63) is 59.4 Å². The van der Waals surface area contributed by atoms with E-state index in [2.05, 4.69) is 4.98 Å². The quantitative estimate of drug-likeness (QED) is 0.770. The lowest BCUT2D eigenvalue weighted by molar-refractivity contribution is 0.0980. The fraction of sp³-hybridized carbons (Fsp3) is 0.250. The number of aromatic nitrogens is 1. The normalized spacial score (nSPS) is 10.2. The highest BCUT2D eigenvalue weighted by atomic mass is 16.5. The minimum absolute atomic E-state index is 0.101. The second kappa shape index (κ2) is 6.14. The molecular weight excluding hydrogens is 238 g/mol. The molecule has 0 atom stereocenters. The second-order valence-electron chi connectivity index (χ2n) is 4.49. The number of Topliss-reactive ketones (excluding diaryl/α,β-unsaturated/α-hetero) is 1. The van der Waals surface area contributed by atoms with Crippen LogP contribution in [0.4, 0.5) is 0 Å². The van der Waals surface area contributed by atoms with Gasteiger partial charge in [0.25, 0.3) is 0 Å². The number of rotatable bonds is 5. The van der Waals surface area contributed by atoms with Gasteiger partial charge in [-0.25, -0.2) is 0 Å². The Morgan fingerprint density at radius 2 is 2.16 bits per heavy atom. The molecule has 0 N–H and O–H groups in total. The van der Waals surface area contributed by atoms with Crippen molar-refractivity contribution in [2.24, 2.45) is 0 Å². The lowest BCUT2D eigenvalue weighted by Gasteiger charge is -2.08. The number of hydrogen-bond acceptors (Lipinski definition) is 3. The van der Waals surface area contributed by atoms with E-state index in [1.54, 1.807) is 19.5 Å². The van der Waals surface area contributed by atoms with E-state index in [-0.39, 0.29) is 5.78 Å². The summed E-state index contributed by atoms with van der Waals surface area (Å²) in [7, 11) is 1.59. The van der Waals surface area contributed by atoms with Crippen LogP contribution in [-0.4, -0.2) is 17.9 Å². The number of ketones is 1. The largest absolute Gasteiger partial charge is 0.496 e. The monoisotopic (exact) mass is 255 g/mol. The third-order valence-electron chi connectivity index (χ3n) is 3.02. The van der Waals surface area contributed by atoms with Gasteiger partial charge in [-0.15, -0.1) is 0 Å². The van der Waals surface area contributed by atoms with Crippen LogP contribution >= 0.6 is 0 Å². The molecule has 0 bridgehead atoms. The van der Waals surface area contributed by atoms with Gasteiger partial charge in [0.1, 0.15) is 5.75 Å². The Kier molecular flexibility index (Phi) is 4.29. The van der Waals surface area contributed by atoms with Crippen LogP contribution < -0.4 is 4.74 Å². The van der Waals surface area contributed by atoms with Crippen molar-refractivity contribution >= 4 is 5.78 Å². The summed E-state index contributed by atoms with van der Waals surface area (Å²) in [6.07, 6.45) is 4.69. The molecule has 0 aliphatic carbocycles. The molecule has 0 radical (unpaired) electrons. The van der Waals surface area contributed by atoms with E-state index in [1.165, 1.54) is 0 Å². The van der Waals surface area contributed by atoms with Crippen molar-refractivity contribution in [2.75, 3.05) is 7.11 Å². The van der Waals surface area contributed by atoms with E-state index in [1.807, 2.05) is 37.3 Å². The third kappa shape index (κ3) is 3.41. The topological polar surface area (TPSA) is 39.2 Å². The van der Waals surface area contributed by atoms with Crippen molar-refractivity contribution in [3.8, 4) is 5.75 Å². The molecule has 0 unspecified atom stereocenters. The van der Waals surface area contributed by atoms with Crippen LogP contribution in [0.3, 0.4) is 0 Å². The standard InChI is InChI=1S/C16H17NO2/c1-12-5-8-16(19-2)14(10-12)15(18)7-6-13-4-3-9-17-11-13/h3-5,8-11H,6-7H2,1-2H3. The molecule has 0 fully saturated rings. The molecule has 0 saturated heterocycles. The smallest absolute Gasteiger partial charge is 0.166 e. The fourth-order valence-electron chi connectivity index (χ4n) is 1.98. The first-order valence-corrected chi connectivity index (χ1v) is 6.27. The van der Waals surface area contributed by atoms with E-state index in [9.17, 15) is 4.79 Å². The van der Waals surface area contributed by atoms with Gasteiger partial charge < -0.3 is 4.74 Å². The van der Waals surface area contributed by atoms with E-state index in [0.29, 0.717) is 24.2 Å². The molecule has 3 nitrogen and oxygen atoms in total. The van der Waals surface area contributed by atoms with Crippen LogP contribution in [0.5, 0.6) is 5.75 Å². The summed E-state index contributed by atoms with van der Waals surface area (Å²) in [5, 5.41) is 0. The average Bonchev–Trinajstić information content (AvgIpc) is 2.46. The SMILES string of the molecule is COc1ccc(C)cc1C(=O)CCc1cccnc1. The van der Waals surface area contributed by atoms with Crippen LogP contribution in [0.25, 0.3) is 0 Å². The number of carbonyl (C=O) groups is 1. The molecule has 1 aromatic carbocycles. The van der Waals surface area contributed by atoms with Crippen molar-refractivity contribution in [3.63, 3.8) is 0 Å². The number of benzene rings is 1. The predicted octanol–water partition coefficient (Wildman–Crippen LogP) is 3.21. The van der Waals surface area contributed by atoms with Gasteiger partial charge in [-0.3, -0.25) is 9.78 Å². The number of carbonyl (C=O) groups excluding carboxylic acids is 1. The highest BCUT2D eigenvalue weighted by Gasteiger charge is 2.12. The molecule has 3 heteroatoms. The molecule has 0 spiro atoms. The number of methoxy groups -OCH3 is 1. The molecule has 2 rings (SSSR count). The predicted molar refractivity (Wildman–Crippen MR) is 74.6 cm³/mol. The first kappa shape index (κ1) is 13.3. The summed E-state index contributed by atoms with van der Waals surface area (Å²) in [5.74, 6) is 0.742. The summed E-state index contributed by atoms with van der Waals surface area (Å²) in [5.41, 5.74) is 2.79. The molecular formula is C16H17NO2. The zero-order valence-corrected chi connectivity index (χ0v) is 11.2. The van der Waals surface area contributed by atoms with Gasteiger partial charge in [-0.1, -0.05) is 17.7 Å². The number of ether oxygens (including phenoxy) is 1. The highest BCUT2D eigenvalue weighted by molar-refractivity contribution is 5.98. The Morgan fingerprint density at radius 1 is 1.32 bits per heavy atom. The molecule has 1 heterocycles. The molecule has 0 aliphatic rings. The summed E-state index contributed by atoms with van der Waals surface area (Å²) >= 11 is 0. The zero-order chi connectivity index (χ0) is 13.7. The summed E-state index contributed by atoms with van der Waals surface area (Å²) in [4.78, 5) is 16.3. The Bertz CT molecular complexity index is 564. The number of nitrogens with zero attached hydrogens (tertiary/aromatic N) is 1. The third-order valence-corrected chi connectivity index (χ3v) is 3.02. The molecule has 98 valence electrons. The highest BCUT2D eigenvalue weighted by Crippen LogP contribution is 2.21. The van der Waals surface area contributed by atoms with E-state index >= 15 is 0 Å². The number of pyridine rings is 1. The molecule has 0 amide bonds. The summed E-state index contributed by atoms with van der Waals surface area (Å²) < 4.78 is 5.24. The molecule has 0 saturated carbocycles. The minimum Gasteiger partial charge on any atom is -0.496 e. The van der Waals surface area contributed by atoms with E-state index in [0.717, 1.165) is 11.1 Å². The second-order valence-corrected chi connectivity index (χ2v) is 4.49. The van der Waals surface area contributed by atoms with E-state index < -0.39 is 0 Å². The Balaban J connectivity index is 2.10. The number of aryl methyl sites for hydroxylation is 2. The van der Waals surface area contributed by atoms with Crippen LogP contribution in [0, 0.1) is 6.92 Å². The van der Waals surface area contributed by atoms with Gasteiger partial charge in [-0.2, -0.15) is 0 Å². The van der Waals surface area contributed by atoms with Crippen LogP contribution in [0.15, 0.2) is 42.7 Å². The van der Waals surface area contributed by atoms with Crippen molar-refractivity contribution in [1.82, 2.24) is 4.98 Å². The Labute approximate surface area is 113 Å². The molecule has 2 aromatic rings. The maximum absolute atomic E-state index is 12.2. The van der Waals surface area contributed by atoms with Crippen LogP contribution in [0.2, 0.25) is 0 Å². The molecule has 19 heavy (non-hydrogen) atoms. The van der Waals surface area contributed by atoms with Crippen molar-refractivity contribution in [2.45, 2.75) is 19.8 Å². The lowest BCUT2D eigenvalue weighted by atomic mass is 10.0. The van der Waals surface area contributed by atoms with Gasteiger partial charge in [0, 0.05) is 18.8 Å². The van der Waals surface area contributed by atoms with Crippen LogP contribution in [0.1, 0.15) is 27.9 Å².